The molecule has 0 bridgehead atoms. The summed E-state index contributed by atoms with van der Waals surface area (Å²) in [5, 5.41) is 0.590. The van der Waals surface area contributed by atoms with Crippen LogP contribution in [0.5, 0.6) is 0 Å². The quantitative estimate of drug-likeness (QED) is 0.353. The molecule has 2 nitrogen and oxygen atoms in total. The van der Waals surface area contributed by atoms with Gasteiger partial charge in [0, 0.05) is 6.61 Å². The van der Waals surface area contributed by atoms with Crippen molar-refractivity contribution in [3.05, 3.63) is 0 Å². The first-order valence-electron chi connectivity index (χ1n) is 7.14. The summed E-state index contributed by atoms with van der Waals surface area (Å²) in [6.45, 7) is 14.9. The predicted octanol–water partition coefficient (Wildman–Crippen LogP) is 4.08. The molecule has 0 N–H and O–H groups in total. The molecule has 0 amide bonds. The van der Waals surface area contributed by atoms with E-state index in [1.807, 2.05) is 0 Å². The smallest absolute Gasteiger partial charge is 0.104 e. The van der Waals surface area contributed by atoms with Crippen LogP contribution in [-0.2, 0) is 9.47 Å². The van der Waals surface area contributed by atoms with Gasteiger partial charge in [-0.05, 0) is 11.5 Å². The molecule has 0 aromatic heterocycles. The molecule has 0 aromatic rings. The normalized spacial score (nSPS) is 20.6. The minimum Gasteiger partial charge on any atom is -0.379 e. The van der Waals surface area contributed by atoms with Gasteiger partial charge in [-0.1, -0.05) is 52.8 Å². The van der Waals surface area contributed by atoms with Crippen molar-refractivity contribution < 1.29 is 9.47 Å². The van der Waals surface area contributed by atoms with E-state index in [2.05, 4.69) is 33.9 Å². The Hall–Kier alpha value is 0.137. The maximum Gasteiger partial charge on any atom is 0.104 e. The SMILES string of the molecule is CCC(C)(CC)[Si](C)(C)CCCOCC1CO1. The molecule has 0 spiro atoms. The third-order valence-corrected chi connectivity index (χ3v) is 10.6. The van der Waals surface area contributed by atoms with Crippen molar-refractivity contribution in [3.8, 4) is 0 Å². The molecule has 1 aliphatic heterocycles. The lowest BCUT2D eigenvalue weighted by atomic mass is 10.1. The molecule has 1 aliphatic rings. The second-order valence-corrected chi connectivity index (χ2v) is 11.8. The van der Waals surface area contributed by atoms with Gasteiger partial charge in [0.15, 0.2) is 0 Å². The highest BCUT2D eigenvalue weighted by atomic mass is 28.3. The Labute approximate surface area is 108 Å². The monoisotopic (exact) mass is 258 g/mol. The van der Waals surface area contributed by atoms with Crippen molar-refractivity contribution in [1.82, 2.24) is 0 Å². The molecule has 0 saturated carbocycles. The molecule has 3 heteroatoms. The van der Waals surface area contributed by atoms with E-state index >= 15 is 0 Å². The Bertz CT molecular complexity index is 220. The third kappa shape index (κ3) is 4.38. The molecule has 1 heterocycles. The Morgan fingerprint density at radius 1 is 1.29 bits per heavy atom. The zero-order valence-electron chi connectivity index (χ0n) is 12.3. The van der Waals surface area contributed by atoms with Crippen LogP contribution in [0.15, 0.2) is 0 Å². The van der Waals surface area contributed by atoms with Crippen molar-refractivity contribution in [2.24, 2.45) is 0 Å². The molecule has 102 valence electrons. The fourth-order valence-electron chi connectivity index (χ4n) is 2.50. The topological polar surface area (TPSA) is 21.8 Å². The van der Waals surface area contributed by atoms with Crippen LogP contribution in [0.1, 0.15) is 40.0 Å². The third-order valence-electron chi connectivity index (χ3n) is 4.99. The van der Waals surface area contributed by atoms with Crippen molar-refractivity contribution >= 4 is 8.07 Å². The highest BCUT2D eigenvalue weighted by molar-refractivity contribution is 6.80. The molecule has 0 aromatic carbocycles. The summed E-state index contributed by atoms with van der Waals surface area (Å²) >= 11 is 0. The summed E-state index contributed by atoms with van der Waals surface area (Å²) in [5.74, 6) is 0. The molecule has 1 atom stereocenters. The van der Waals surface area contributed by atoms with Gasteiger partial charge in [-0.2, -0.15) is 0 Å². The van der Waals surface area contributed by atoms with Gasteiger partial charge in [0.1, 0.15) is 6.10 Å². The predicted molar refractivity (Wildman–Crippen MR) is 76.4 cm³/mol. The van der Waals surface area contributed by atoms with Gasteiger partial charge in [-0.15, -0.1) is 0 Å². The molecule has 1 fully saturated rings. The number of ether oxygens (including phenoxy) is 2. The van der Waals surface area contributed by atoms with E-state index in [1.165, 1.54) is 25.3 Å². The Balaban J connectivity index is 2.21. The van der Waals surface area contributed by atoms with Gasteiger partial charge >= 0.3 is 0 Å². The van der Waals surface area contributed by atoms with E-state index in [0.29, 0.717) is 11.1 Å². The van der Waals surface area contributed by atoms with Gasteiger partial charge in [0.05, 0.1) is 21.3 Å². The van der Waals surface area contributed by atoms with E-state index in [9.17, 15) is 0 Å². The summed E-state index contributed by atoms with van der Waals surface area (Å²) in [4.78, 5) is 0. The van der Waals surface area contributed by atoms with E-state index in [-0.39, 0.29) is 0 Å². The first-order chi connectivity index (χ1) is 7.95. The highest BCUT2D eigenvalue weighted by Gasteiger charge is 2.39. The lowest BCUT2D eigenvalue weighted by molar-refractivity contribution is 0.117. The van der Waals surface area contributed by atoms with E-state index in [4.69, 9.17) is 9.47 Å². The van der Waals surface area contributed by atoms with E-state index in [0.717, 1.165) is 19.8 Å². The molecule has 1 unspecified atom stereocenters. The van der Waals surface area contributed by atoms with Crippen LogP contribution in [0, 0.1) is 0 Å². The van der Waals surface area contributed by atoms with Gasteiger partial charge in [-0.25, -0.2) is 0 Å². The maximum absolute atomic E-state index is 5.63. The van der Waals surface area contributed by atoms with Crippen LogP contribution < -0.4 is 0 Å². The summed E-state index contributed by atoms with van der Waals surface area (Å²) in [6, 6.07) is 1.39. The zero-order chi connectivity index (χ0) is 12.9. The maximum atomic E-state index is 5.63. The fourth-order valence-corrected chi connectivity index (χ4v) is 6.05. The van der Waals surface area contributed by atoms with Gasteiger partial charge in [0.2, 0.25) is 0 Å². The number of rotatable bonds is 9. The fraction of sp³-hybridized carbons (Fsp3) is 1.00. The molecular weight excluding hydrogens is 228 g/mol. The van der Waals surface area contributed by atoms with E-state index in [1.54, 1.807) is 0 Å². The van der Waals surface area contributed by atoms with Crippen molar-refractivity contribution in [2.75, 3.05) is 19.8 Å². The lowest BCUT2D eigenvalue weighted by Crippen LogP contribution is -2.40. The summed E-state index contributed by atoms with van der Waals surface area (Å²) < 4.78 is 10.8. The van der Waals surface area contributed by atoms with Crippen LogP contribution in [0.2, 0.25) is 24.2 Å². The summed E-state index contributed by atoms with van der Waals surface area (Å²) in [6.07, 6.45) is 4.28. The highest BCUT2D eigenvalue weighted by Crippen LogP contribution is 2.46. The molecule has 0 aliphatic carbocycles. The average molecular weight is 258 g/mol. The minimum atomic E-state index is -1.13. The lowest BCUT2D eigenvalue weighted by Gasteiger charge is -2.42. The van der Waals surface area contributed by atoms with Crippen LogP contribution >= 0.6 is 0 Å². The van der Waals surface area contributed by atoms with Crippen LogP contribution in [0.25, 0.3) is 0 Å². The van der Waals surface area contributed by atoms with Crippen LogP contribution in [0.4, 0.5) is 0 Å². The minimum absolute atomic E-state index is 0.414. The number of epoxide rings is 1. The van der Waals surface area contributed by atoms with Gasteiger partial charge < -0.3 is 9.47 Å². The Morgan fingerprint density at radius 3 is 2.35 bits per heavy atom. The first kappa shape index (κ1) is 15.2. The van der Waals surface area contributed by atoms with Crippen molar-refractivity contribution in [1.29, 1.82) is 0 Å². The Morgan fingerprint density at radius 2 is 1.88 bits per heavy atom. The molecule has 0 radical (unpaired) electrons. The number of hydrogen-bond donors (Lipinski definition) is 0. The summed E-state index contributed by atoms with van der Waals surface area (Å²) in [7, 11) is -1.13. The largest absolute Gasteiger partial charge is 0.379 e. The standard InChI is InChI=1S/C14H30O2Si/c1-6-14(3,7-2)17(4,5)10-8-9-15-11-13-12-16-13/h13H,6-12H2,1-5H3. The van der Waals surface area contributed by atoms with Crippen LogP contribution in [-0.4, -0.2) is 34.0 Å². The molecule has 1 saturated heterocycles. The first-order valence-corrected chi connectivity index (χ1v) is 10.4. The van der Waals surface area contributed by atoms with Gasteiger partial charge in [-0.3, -0.25) is 0 Å². The number of hydrogen-bond acceptors (Lipinski definition) is 2. The summed E-state index contributed by atoms with van der Waals surface area (Å²) in [5.41, 5.74) is 0. The average Bonchev–Trinajstić information content (AvgIpc) is 3.11. The van der Waals surface area contributed by atoms with Crippen molar-refractivity contribution in [3.63, 3.8) is 0 Å². The molecular formula is C14H30O2Si. The molecule has 1 rings (SSSR count). The Kier molecular flexibility index (Phi) is 5.67. The zero-order valence-corrected chi connectivity index (χ0v) is 13.3. The van der Waals surface area contributed by atoms with Crippen LogP contribution in [0.3, 0.4) is 0 Å². The second kappa shape index (κ2) is 6.35. The van der Waals surface area contributed by atoms with E-state index < -0.39 is 8.07 Å². The van der Waals surface area contributed by atoms with Crippen molar-refractivity contribution in [2.45, 2.75) is 70.3 Å². The molecule has 17 heavy (non-hydrogen) atoms. The second-order valence-electron chi connectivity index (χ2n) is 6.29. The van der Waals surface area contributed by atoms with Gasteiger partial charge in [0.25, 0.3) is 0 Å².